The molecule has 0 aliphatic rings. The molecule has 2 heterocycles. The number of fused-ring (bicyclic) bond motifs is 1. The van der Waals surface area contributed by atoms with Gasteiger partial charge < -0.3 is 4.57 Å². The van der Waals surface area contributed by atoms with Crippen molar-refractivity contribution in [2.24, 2.45) is 11.3 Å². The van der Waals surface area contributed by atoms with Gasteiger partial charge in [-0.2, -0.15) is 0 Å². The first-order valence-electron chi connectivity index (χ1n) is 18.1. The van der Waals surface area contributed by atoms with E-state index in [1.54, 1.807) is 0 Å². The van der Waals surface area contributed by atoms with Crippen LogP contribution < -0.4 is 11.3 Å². The largest absolute Gasteiger partial charge is 0.340 e. The van der Waals surface area contributed by atoms with Gasteiger partial charge in [0.05, 0.1) is 11.4 Å². The summed E-state index contributed by atoms with van der Waals surface area (Å²) >= 11 is 0. The second-order valence-electron chi connectivity index (χ2n) is 13.6. The highest BCUT2D eigenvalue weighted by Crippen LogP contribution is 2.42. The number of nitrogens with zero attached hydrogens (tertiary/aromatic N) is 2. The molecule has 2 aromatic heterocycles. The number of hydrogen-bond donors (Lipinski definition) is 2. The highest BCUT2D eigenvalue weighted by Gasteiger charge is 2.27. The average molecular weight is 635 g/mol. The Kier molecular flexibility index (Phi) is 15.2. The zero-order valence-corrected chi connectivity index (χ0v) is 30.6. The molecule has 1 atom stereocenters. The summed E-state index contributed by atoms with van der Waals surface area (Å²) < 4.78 is 2.53. The summed E-state index contributed by atoms with van der Waals surface area (Å²) in [6.07, 6.45) is 13.5. The second-order valence-corrected chi connectivity index (χ2v) is 13.6. The third kappa shape index (κ3) is 10.0. The molecule has 47 heavy (non-hydrogen) atoms. The predicted molar refractivity (Wildman–Crippen MR) is 207 cm³/mol. The molecule has 0 amide bonds. The smallest absolute Gasteiger partial charge is 0.0542 e. The summed E-state index contributed by atoms with van der Waals surface area (Å²) in [5.74, 6) is 5.80. The van der Waals surface area contributed by atoms with Crippen LogP contribution in [0.2, 0.25) is 0 Å². The average Bonchev–Trinajstić information content (AvgIpc) is 3.40. The van der Waals surface area contributed by atoms with Crippen LogP contribution in [0, 0.1) is 5.41 Å². The predicted octanol–water partition coefficient (Wildman–Crippen LogP) is 11.6. The Morgan fingerprint density at radius 3 is 2.49 bits per heavy atom. The maximum atomic E-state index is 5.41. The van der Waals surface area contributed by atoms with Crippen LogP contribution in [0.3, 0.4) is 0 Å². The van der Waals surface area contributed by atoms with E-state index >= 15 is 0 Å². The number of allylic oxidation sites excluding steroid dienone is 2. The van der Waals surface area contributed by atoms with E-state index in [4.69, 9.17) is 10.8 Å². The minimum absolute atomic E-state index is 0.133. The summed E-state index contributed by atoms with van der Waals surface area (Å²) in [7, 11) is 0. The molecule has 4 nitrogen and oxygen atoms in total. The van der Waals surface area contributed by atoms with Crippen LogP contribution in [-0.4, -0.2) is 16.1 Å². The van der Waals surface area contributed by atoms with Crippen molar-refractivity contribution in [1.29, 1.82) is 0 Å². The van der Waals surface area contributed by atoms with Crippen LogP contribution in [0.15, 0.2) is 85.6 Å². The lowest BCUT2D eigenvalue weighted by atomic mass is 9.80. The first-order valence-corrected chi connectivity index (χ1v) is 18.1. The molecule has 4 heteroatoms. The number of aromatic nitrogens is 2. The lowest BCUT2D eigenvalue weighted by Gasteiger charge is -2.25. The molecule has 0 aliphatic heterocycles. The van der Waals surface area contributed by atoms with Gasteiger partial charge in [-0.15, -0.1) is 6.58 Å². The van der Waals surface area contributed by atoms with Crippen molar-refractivity contribution < 1.29 is 0 Å². The molecule has 0 radical (unpaired) electrons. The van der Waals surface area contributed by atoms with Crippen molar-refractivity contribution in [3.05, 3.63) is 102 Å². The zero-order chi connectivity index (χ0) is 34.4. The standard InChI is InChI=1S/C41H56N4.C2H6/c1-8-11-24-41(6,7)29-37-36-28-34(33-18-14-17-32(27-33)21-20-30(4)16-12-13-26-44-42)22-23-38(36)45(10-3)40(37)35-19-15-25-43-39(35)31(5)9-2;1-2/h8,14-15,17-19,22-23,25,27-28,31,44H,1,4,9-13,16,20-21,24,26,29,42H2,2-3,5-7H3;1-2H3. The van der Waals surface area contributed by atoms with Gasteiger partial charge in [0.15, 0.2) is 0 Å². The highest BCUT2D eigenvalue weighted by molar-refractivity contribution is 5.95. The third-order valence-electron chi connectivity index (χ3n) is 9.47. The molecule has 0 bridgehead atoms. The van der Waals surface area contributed by atoms with E-state index in [1.165, 1.54) is 55.7 Å². The van der Waals surface area contributed by atoms with E-state index < -0.39 is 0 Å². The number of aryl methyl sites for hydroxylation is 2. The van der Waals surface area contributed by atoms with Crippen molar-refractivity contribution in [3.8, 4) is 22.4 Å². The van der Waals surface area contributed by atoms with Crippen LogP contribution >= 0.6 is 0 Å². The fourth-order valence-corrected chi connectivity index (χ4v) is 6.64. The molecular formula is C43H62N4. The minimum Gasteiger partial charge on any atom is -0.340 e. The van der Waals surface area contributed by atoms with Crippen LogP contribution in [-0.2, 0) is 19.4 Å². The number of hydrogen-bond acceptors (Lipinski definition) is 3. The Bertz CT molecular complexity index is 1570. The number of rotatable bonds is 18. The Labute approximate surface area is 286 Å². The number of pyridine rings is 1. The van der Waals surface area contributed by atoms with Crippen molar-refractivity contribution in [1.82, 2.24) is 15.0 Å². The molecule has 0 saturated carbocycles. The van der Waals surface area contributed by atoms with Crippen LogP contribution in [0.5, 0.6) is 0 Å². The molecular weight excluding hydrogens is 573 g/mol. The summed E-state index contributed by atoms with van der Waals surface area (Å²) in [5, 5.41) is 1.36. The zero-order valence-electron chi connectivity index (χ0n) is 30.6. The SMILES string of the molecule is C=CCCC(C)(C)Cc1c(-c2cccnc2C(C)CC)n(CC)c2ccc(-c3cccc(CCC(=C)CCCCNN)c3)cc12.CC. The fourth-order valence-electron chi connectivity index (χ4n) is 6.64. The lowest BCUT2D eigenvalue weighted by Crippen LogP contribution is -2.22. The van der Waals surface area contributed by atoms with Gasteiger partial charge in [0, 0.05) is 35.8 Å². The van der Waals surface area contributed by atoms with Gasteiger partial charge in [-0.3, -0.25) is 16.3 Å². The van der Waals surface area contributed by atoms with Gasteiger partial charge in [-0.05, 0) is 123 Å². The first kappa shape index (κ1) is 38.0. The molecule has 2 aromatic carbocycles. The summed E-state index contributed by atoms with van der Waals surface area (Å²) in [4.78, 5) is 4.95. The molecule has 254 valence electrons. The van der Waals surface area contributed by atoms with Crippen molar-refractivity contribution in [3.63, 3.8) is 0 Å². The van der Waals surface area contributed by atoms with E-state index in [1.807, 2.05) is 20.0 Å². The third-order valence-corrected chi connectivity index (χ3v) is 9.47. The molecule has 0 spiro atoms. The van der Waals surface area contributed by atoms with E-state index in [2.05, 4.69) is 118 Å². The van der Waals surface area contributed by atoms with Gasteiger partial charge in [-0.1, -0.05) is 90.1 Å². The molecule has 1 unspecified atom stereocenters. The number of nitrogens with one attached hydrogen (secondary N) is 1. The van der Waals surface area contributed by atoms with Crippen LogP contribution in [0.25, 0.3) is 33.3 Å². The van der Waals surface area contributed by atoms with Gasteiger partial charge in [0.2, 0.25) is 0 Å². The molecule has 3 N–H and O–H groups in total. The molecule has 0 fully saturated rings. The summed E-state index contributed by atoms with van der Waals surface area (Å²) in [6.45, 7) is 25.8. The van der Waals surface area contributed by atoms with E-state index in [0.29, 0.717) is 5.92 Å². The second kappa shape index (κ2) is 18.8. The summed E-state index contributed by atoms with van der Waals surface area (Å²) in [5.41, 5.74) is 14.7. The van der Waals surface area contributed by atoms with Gasteiger partial charge in [0.25, 0.3) is 0 Å². The highest BCUT2D eigenvalue weighted by atomic mass is 15.2. The van der Waals surface area contributed by atoms with Gasteiger partial charge >= 0.3 is 0 Å². The van der Waals surface area contributed by atoms with Gasteiger partial charge in [-0.25, -0.2) is 0 Å². The Morgan fingerprint density at radius 1 is 1.02 bits per heavy atom. The van der Waals surface area contributed by atoms with Crippen LogP contribution in [0.1, 0.15) is 116 Å². The Hall–Kier alpha value is -3.47. The monoisotopic (exact) mass is 634 g/mol. The minimum atomic E-state index is 0.133. The number of benzene rings is 2. The maximum absolute atomic E-state index is 5.41. The molecule has 0 saturated heterocycles. The molecule has 4 rings (SSSR count). The lowest BCUT2D eigenvalue weighted by molar-refractivity contribution is 0.337. The van der Waals surface area contributed by atoms with E-state index in [9.17, 15) is 0 Å². The number of unbranched alkanes of at least 4 members (excludes halogenated alkanes) is 1. The van der Waals surface area contributed by atoms with Crippen LogP contribution in [0.4, 0.5) is 0 Å². The van der Waals surface area contributed by atoms with Crippen molar-refractivity contribution in [2.75, 3.05) is 6.54 Å². The van der Waals surface area contributed by atoms with E-state index in [-0.39, 0.29) is 5.41 Å². The first-order chi connectivity index (χ1) is 22.7. The number of hydrazine groups is 1. The van der Waals surface area contributed by atoms with E-state index in [0.717, 1.165) is 70.9 Å². The van der Waals surface area contributed by atoms with Crippen molar-refractivity contribution >= 4 is 10.9 Å². The molecule has 0 aliphatic carbocycles. The Morgan fingerprint density at radius 2 is 1.79 bits per heavy atom. The Balaban J connectivity index is 0.00000294. The summed E-state index contributed by atoms with van der Waals surface area (Å²) in [6, 6.07) is 20.6. The van der Waals surface area contributed by atoms with Crippen molar-refractivity contribution in [2.45, 2.75) is 119 Å². The molecule has 4 aromatic rings. The fraction of sp³-hybridized carbons (Fsp3) is 0.465. The topological polar surface area (TPSA) is 55.9 Å². The normalized spacial score (nSPS) is 12.1. The quantitative estimate of drug-likeness (QED) is 0.0495. The van der Waals surface area contributed by atoms with Gasteiger partial charge in [0.1, 0.15) is 0 Å². The maximum Gasteiger partial charge on any atom is 0.0542 e. The number of nitrogens with two attached hydrogens (primary N) is 1.